The van der Waals surface area contributed by atoms with E-state index >= 15 is 0 Å². The normalized spacial score (nSPS) is 24.1. The van der Waals surface area contributed by atoms with E-state index in [9.17, 15) is 9.59 Å². The fourth-order valence-electron chi connectivity index (χ4n) is 3.97. The van der Waals surface area contributed by atoms with Gasteiger partial charge < -0.3 is 10.6 Å². The van der Waals surface area contributed by atoms with Crippen molar-refractivity contribution < 1.29 is 9.59 Å². The van der Waals surface area contributed by atoms with E-state index in [1.807, 2.05) is 19.1 Å². The number of hydrogen-bond donors (Lipinski definition) is 2. The van der Waals surface area contributed by atoms with Crippen LogP contribution in [-0.4, -0.2) is 17.9 Å². The minimum absolute atomic E-state index is 0.0195. The van der Waals surface area contributed by atoms with Crippen LogP contribution in [0.15, 0.2) is 18.2 Å². The number of nitrogens with one attached hydrogen (secondary N) is 2. The third kappa shape index (κ3) is 4.75. The lowest BCUT2D eigenvalue weighted by Crippen LogP contribution is -2.39. The lowest BCUT2D eigenvalue weighted by Gasteiger charge is -2.28. The van der Waals surface area contributed by atoms with Gasteiger partial charge in [-0.25, -0.2) is 0 Å². The first kappa shape index (κ1) is 18.2. The maximum Gasteiger partial charge on any atom is 0.227 e. The highest BCUT2D eigenvalue weighted by atomic mass is 35.5. The largest absolute Gasteiger partial charge is 0.353 e. The van der Waals surface area contributed by atoms with Gasteiger partial charge in [-0.1, -0.05) is 30.5 Å². The van der Waals surface area contributed by atoms with E-state index in [4.69, 9.17) is 11.6 Å². The summed E-state index contributed by atoms with van der Waals surface area (Å²) < 4.78 is 0. The third-order valence-electron chi connectivity index (χ3n) is 5.63. The van der Waals surface area contributed by atoms with Gasteiger partial charge in [0, 0.05) is 28.6 Å². The fourth-order valence-corrected chi connectivity index (χ4v) is 4.14. The highest BCUT2D eigenvalue weighted by Gasteiger charge is 2.31. The average molecular weight is 363 g/mol. The average Bonchev–Trinajstić information content (AvgIpc) is 3.11. The van der Waals surface area contributed by atoms with Crippen molar-refractivity contribution in [2.45, 2.75) is 64.3 Å². The minimum atomic E-state index is -0.0195. The molecule has 2 amide bonds. The molecular formula is C20H27ClN2O2. The van der Waals surface area contributed by atoms with Crippen LogP contribution in [0.1, 0.15) is 56.9 Å². The molecular weight excluding hydrogens is 336 g/mol. The monoisotopic (exact) mass is 362 g/mol. The molecule has 0 bridgehead atoms. The summed E-state index contributed by atoms with van der Waals surface area (Å²) in [5, 5.41) is 6.81. The number of hydrogen-bond acceptors (Lipinski definition) is 2. The second-order valence-corrected chi connectivity index (χ2v) is 7.92. The Morgan fingerprint density at radius 3 is 2.20 bits per heavy atom. The molecule has 2 fully saturated rings. The molecule has 0 saturated heterocycles. The quantitative estimate of drug-likeness (QED) is 0.831. The zero-order chi connectivity index (χ0) is 17.8. The Morgan fingerprint density at radius 1 is 0.960 bits per heavy atom. The number of carbonyl (C=O) groups is 2. The topological polar surface area (TPSA) is 58.2 Å². The molecule has 2 saturated carbocycles. The Bertz CT molecular complexity index is 633. The Labute approximate surface area is 154 Å². The second-order valence-electron chi connectivity index (χ2n) is 7.49. The van der Waals surface area contributed by atoms with Gasteiger partial charge in [-0.15, -0.1) is 0 Å². The van der Waals surface area contributed by atoms with E-state index in [1.54, 1.807) is 6.07 Å². The van der Waals surface area contributed by atoms with Crippen LogP contribution in [-0.2, 0) is 9.59 Å². The summed E-state index contributed by atoms with van der Waals surface area (Å²) >= 11 is 6.01. The van der Waals surface area contributed by atoms with Crippen molar-refractivity contribution in [3.8, 4) is 0 Å². The molecule has 5 heteroatoms. The first-order chi connectivity index (χ1) is 12.0. The van der Waals surface area contributed by atoms with Gasteiger partial charge in [-0.3, -0.25) is 9.59 Å². The summed E-state index contributed by atoms with van der Waals surface area (Å²) in [5.74, 6) is 0.280. The molecule has 4 nitrogen and oxygen atoms in total. The lowest BCUT2D eigenvalue weighted by atomic mass is 9.81. The molecule has 0 aromatic heterocycles. The molecule has 0 spiro atoms. The summed E-state index contributed by atoms with van der Waals surface area (Å²) in [6, 6.07) is 5.89. The van der Waals surface area contributed by atoms with Crippen LogP contribution in [0.4, 0.5) is 5.69 Å². The molecule has 2 aliphatic carbocycles. The highest BCUT2D eigenvalue weighted by Crippen LogP contribution is 2.31. The SMILES string of the molecule is Cc1ccc(Cl)cc1NC(=O)C1CCC(C(=O)NC2CCCC2)CC1. The molecule has 1 aromatic rings. The van der Waals surface area contributed by atoms with Gasteiger partial charge in [0.2, 0.25) is 11.8 Å². The molecule has 0 aliphatic heterocycles. The number of benzene rings is 1. The van der Waals surface area contributed by atoms with E-state index in [-0.39, 0.29) is 23.7 Å². The Balaban J connectivity index is 1.48. The van der Waals surface area contributed by atoms with Crippen LogP contribution in [0, 0.1) is 18.8 Å². The Kier molecular flexibility index (Phi) is 6.00. The molecule has 2 aliphatic rings. The molecule has 3 rings (SSSR count). The Morgan fingerprint density at radius 2 is 1.56 bits per heavy atom. The molecule has 136 valence electrons. The van der Waals surface area contributed by atoms with Crippen LogP contribution in [0.25, 0.3) is 0 Å². The Hall–Kier alpha value is -1.55. The van der Waals surface area contributed by atoms with Crippen molar-refractivity contribution in [2.75, 3.05) is 5.32 Å². The summed E-state index contributed by atoms with van der Waals surface area (Å²) in [6.45, 7) is 1.95. The molecule has 25 heavy (non-hydrogen) atoms. The van der Waals surface area contributed by atoms with Crippen LogP contribution in [0.2, 0.25) is 5.02 Å². The molecule has 0 unspecified atom stereocenters. The van der Waals surface area contributed by atoms with Gasteiger partial charge in [-0.05, 0) is 63.1 Å². The van der Waals surface area contributed by atoms with Gasteiger partial charge in [0.05, 0.1) is 0 Å². The fraction of sp³-hybridized carbons (Fsp3) is 0.600. The predicted octanol–water partition coefficient (Wildman–Crippen LogP) is 4.45. The number of carbonyl (C=O) groups excluding carboxylic acids is 2. The molecule has 0 radical (unpaired) electrons. The van der Waals surface area contributed by atoms with Crippen LogP contribution in [0.5, 0.6) is 0 Å². The zero-order valence-corrected chi connectivity index (χ0v) is 15.6. The van der Waals surface area contributed by atoms with Gasteiger partial charge in [0.15, 0.2) is 0 Å². The maximum atomic E-state index is 12.5. The smallest absolute Gasteiger partial charge is 0.227 e. The second kappa shape index (κ2) is 8.22. The van der Waals surface area contributed by atoms with E-state index in [1.165, 1.54) is 12.8 Å². The first-order valence-electron chi connectivity index (χ1n) is 9.40. The summed E-state index contributed by atoms with van der Waals surface area (Å²) in [4.78, 5) is 24.9. The van der Waals surface area contributed by atoms with E-state index in [0.29, 0.717) is 11.1 Å². The van der Waals surface area contributed by atoms with Gasteiger partial charge in [-0.2, -0.15) is 0 Å². The summed E-state index contributed by atoms with van der Waals surface area (Å²) in [6.07, 6.45) is 7.81. The molecule has 0 heterocycles. The van der Waals surface area contributed by atoms with Crippen LogP contribution < -0.4 is 10.6 Å². The number of anilines is 1. The van der Waals surface area contributed by atoms with Crippen molar-refractivity contribution in [1.82, 2.24) is 5.32 Å². The molecule has 0 atom stereocenters. The van der Waals surface area contributed by atoms with E-state index in [2.05, 4.69) is 10.6 Å². The van der Waals surface area contributed by atoms with Crippen molar-refractivity contribution in [3.63, 3.8) is 0 Å². The third-order valence-corrected chi connectivity index (χ3v) is 5.86. The number of halogens is 1. The summed E-state index contributed by atoms with van der Waals surface area (Å²) in [5.41, 5.74) is 1.78. The van der Waals surface area contributed by atoms with Crippen molar-refractivity contribution in [1.29, 1.82) is 0 Å². The molecule has 1 aromatic carbocycles. The highest BCUT2D eigenvalue weighted by molar-refractivity contribution is 6.31. The summed E-state index contributed by atoms with van der Waals surface area (Å²) in [7, 11) is 0. The minimum Gasteiger partial charge on any atom is -0.353 e. The first-order valence-corrected chi connectivity index (χ1v) is 9.78. The number of amides is 2. The zero-order valence-electron chi connectivity index (χ0n) is 14.8. The molecule has 2 N–H and O–H groups in total. The van der Waals surface area contributed by atoms with Crippen molar-refractivity contribution >= 4 is 29.1 Å². The van der Waals surface area contributed by atoms with Crippen LogP contribution >= 0.6 is 11.6 Å². The standard InChI is InChI=1S/C20H27ClN2O2/c1-13-6-11-16(21)12-18(13)23-20(25)15-9-7-14(8-10-15)19(24)22-17-4-2-3-5-17/h6,11-12,14-15,17H,2-5,7-10H2,1H3,(H,22,24)(H,23,25). The van der Waals surface area contributed by atoms with Crippen molar-refractivity contribution in [2.24, 2.45) is 11.8 Å². The van der Waals surface area contributed by atoms with E-state index in [0.717, 1.165) is 49.8 Å². The number of aryl methyl sites for hydroxylation is 1. The van der Waals surface area contributed by atoms with E-state index < -0.39 is 0 Å². The predicted molar refractivity (Wildman–Crippen MR) is 101 cm³/mol. The van der Waals surface area contributed by atoms with Gasteiger partial charge >= 0.3 is 0 Å². The number of rotatable bonds is 4. The maximum absolute atomic E-state index is 12.5. The lowest BCUT2D eigenvalue weighted by molar-refractivity contribution is -0.129. The van der Waals surface area contributed by atoms with Gasteiger partial charge in [0.25, 0.3) is 0 Å². The van der Waals surface area contributed by atoms with Crippen LogP contribution in [0.3, 0.4) is 0 Å². The van der Waals surface area contributed by atoms with Gasteiger partial charge in [0.1, 0.15) is 0 Å². The van der Waals surface area contributed by atoms with Crippen molar-refractivity contribution in [3.05, 3.63) is 28.8 Å².